The lowest BCUT2D eigenvalue weighted by Crippen LogP contribution is -2.27. The van der Waals surface area contributed by atoms with Gasteiger partial charge >= 0.3 is 0 Å². The van der Waals surface area contributed by atoms with Crippen LogP contribution in [-0.2, 0) is 0 Å². The van der Waals surface area contributed by atoms with Crippen LogP contribution in [0, 0.1) is 5.41 Å². The number of amides is 1. The predicted octanol–water partition coefficient (Wildman–Crippen LogP) is 2.43. The number of nitrogens with one attached hydrogen (secondary N) is 1. The topological polar surface area (TPSA) is 55.1 Å². The highest BCUT2D eigenvalue weighted by Gasteiger charge is 2.12. The highest BCUT2D eigenvalue weighted by Crippen LogP contribution is 2.17. The molecule has 0 saturated heterocycles. The van der Waals surface area contributed by atoms with Crippen molar-refractivity contribution in [1.29, 1.82) is 0 Å². The fraction of sp³-hybridized carbons (Fsp3) is 0.462. The number of carbonyl (C=O) groups excluding carboxylic acids is 1. The largest absolute Gasteiger partial charge is 0.398 e. The molecule has 0 radical (unpaired) electrons. The van der Waals surface area contributed by atoms with Gasteiger partial charge in [-0.15, -0.1) is 0 Å². The molecule has 1 aromatic carbocycles. The smallest absolute Gasteiger partial charge is 0.253 e. The maximum atomic E-state index is 11.8. The van der Waals surface area contributed by atoms with Crippen molar-refractivity contribution in [2.75, 3.05) is 12.3 Å². The third kappa shape index (κ3) is 3.93. The molecule has 16 heavy (non-hydrogen) atoms. The van der Waals surface area contributed by atoms with Gasteiger partial charge in [-0.1, -0.05) is 32.9 Å². The molecule has 1 aromatic rings. The van der Waals surface area contributed by atoms with E-state index >= 15 is 0 Å². The van der Waals surface area contributed by atoms with Gasteiger partial charge in [0.05, 0.1) is 5.56 Å². The molecule has 0 atom stereocenters. The van der Waals surface area contributed by atoms with Gasteiger partial charge in [-0.3, -0.25) is 4.79 Å². The normalized spacial score (nSPS) is 11.2. The second kappa shape index (κ2) is 5.01. The van der Waals surface area contributed by atoms with Crippen LogP contribution in [0.5, 0.6) is 0 Å². The molecule has 0 aromatic heterocycles. The fourth-order valence-corrected chi connectivity index (χ4v) is 1.35. The number of nitrogen functional groups attached to an aromatic ring is 1. The number of benzene rings is 1. The van der Waals surface area contributed by atoms with Crippen molar-refractivity contribution >= 4 is 11.6 Å². The summed E-state index contributed by atoms with van der Waals surface area (Å²) in [7, 11) is 0. The Hall–Kier alpha value is -1.51. The van der Waals surface area contributed by atoms with E-state index in [1.807, 2.05) is 12.1 Å². The molecule has 1 amide bonds. The van der Waals surface area contributed by atoms with Crippen LogP contribution >= 0.6 is 0 Å². The minimum absolute atomic E-state index is 0.0950. The minimum Gasteiger partial charge on any atom is -0.398 e. The van der Waals surface area contributed by atoms with Crippen LogP contribution in [0.2, 0.25) is 0 Å². The molecule has 3 nitrogen and oxygen atoms in total. The van der Waals surface area contributed by atoms with E-state index < -0.39 is 0 Å². The average molecular weight is 220 g/mol. The zero-order chi connectivity index (χ0) is 12.2. The van der Waals surface area contributed by atoms with Crippen molar-refractivity contribution in [2.24, 2.45) is 5.41 Å². The number of rotatable bonds is 3. The molecule has 0 aliphatic rings. The Morgan fingerprint density at radius 1 is 1.31 bits per heavy atom. The maximum Gasteiger partial charge on any atom is 0.253 e. The first-order valence-electron chi connectivity index (χ1n) is 5.53. The average Bonchev–Trinajstić information content (AvgIpc) is 2.16. The van der Waals surface area contributed by atoms with Crippen molar-refractivity contribution in [1.82, 2.24) is 5.32 Å². The van der Waals surface area contributed by atoms with E-state index in [-0.39, 0.29) is 11.3 Å². The standard InChI is InChI=1S/C13H20N2O/c1-13(2,3)8-9-15-12(16)10-6-4-5-7-11(10)14/h4-7H,8-9,14H2,1-3H3,(H,15,16). The van der Waals surface area contributed by atoms with Gasteiger partial charge < -0.3 is 11.1 Å². The first-order chi connectivity index (χ1) is 7.40. The summed E-state index contributed by atoms with van der Waals surface area (Å²) in [5.41, 5.74) is 7.03. The van der Waals surface area contributed by atoms with Crippen LogP contribution in [-0.4, -0.2) is 12.5 Å². The van der Waals surface area contributed by atoms with Crippen LogP contribution < -0.4 is 11.1 Å². The third-order valence-electron chi connectivity index (χ3n) is 2.37. The Morgan fingerprint density at radius 2 is 1.94 bits per heavy atom. The van der Waals surface area contributed by atoms with Crippen molar-refractivity contribution in [2.45, 2.75) is 27.2 Å². The Bertz CT molecular complexity index is 366. The van der Waals surface area contributed by atoms with E-state index in [9.17, 15) is 4.79 Å². The van der Waals surface area contributed by atoms with Crippen LogP contribution in [0.1, 0.15) is 37.6 Å². The molecule has 0 bridgehead atoms. The molecule has 0 unspecified atom stereocenters. The predicted molar refractivity (Wildman–Crippen MR) is 67.3 cm³/mol. The lowest BCUT2D eigenvalue weighted by atomic mass is 9.92. The second-order valence-corrected chi connectivity index (χ2v) is 5.15. The van der Waals surface area contributed by atoms with E-state index in [4.69, 9.17) is 5.73 Å². The molecule has 0 saturated carbocycles. The molecule has 0 aliphatic heterocycles. The Kier molecular flexibility index (Phi) is 3.93. The number of hydrogen-bond acceptors (Lipinski definition) is 2. The summed E-state index contributed by atoms with van der Waals surface area (Å²) >= 11 is 0. The Labute approximate surface area is 97.0 Å². The lowest BCUT2D eigenvalue weighted by Gasteiger charge is -2.18. The van der Waals surface area contributed by atoms with E-state index in [0.717, 1.165) is 6.42 Å². The zero-order valence-electron chi connectivity index (χ0n) is 10.2. The number of anilines is 1. The highest BCUT2D eigenvalue weighted by molar-refractivity contribution is 5.98. The number of para-hydroxylation sites is 1. The summed E-state index contributed by atoms with van der Waals surface area (Å²) < 4.78 is 0. The molecule has 0 heterocycles. The van der Waals surface area contributed by atoms with Crippen molar-refractivity contribution in [3.63, 3.8) is 0 Å². The van der Waals surface area contributed by atoms with Gasteiger partial charge in [0, 0.05) is 12.2 Å². The zero-order valence-corrected chi connectivity index (χ0v) is 10.2. The summed E-state index contributed by atoms with van der Waals surface area (Å²) in [6, 6.07) is 7.11. The summed E-state index contributed by atoms with van der Waals surface area (Å²) in [6.07, 6.45) is 0.950. The van der Waals surface area contributed by atoms with Gasteiger partial charge in [-0.05, 0) is 24.0 Å². The van der Waals surface area contributed by atoms with E-state index in [2.05, 4.69) is 26.1 Å². The summed E-state index contributed by atoms with van der Waals surface area (Å²) in [5.74, 6) is -0.0950. The van der Waals surface area contributed by atoms with Crippen molar-refractivity contribution < 1.29 is 4.79 Å². The number of carbonyl (C=O) groups is 1. The molecule has 88 valence electrons. The Morgan fingerprint density at radius 3 is 2.50 bits per heavy atom. The summed E-state index contributed by atoms with van der Waals surface area (Å²) in [4.78, 5) is 11.8. The van der Waals surface area contributed by atoms with E-state index in [0.29, 0.717) is 17.8 Å². The second-order valence-electron chi connectivity index (χ2n) is 5.15. The maximum absolute atomic E-state index is 11.8. The highest BCUT2D eigenvalue weighted by atomic mass is 16.1. The molecule has 0 aliphatic carbocycles. The van der Waals surface area contributed by atoms with Crippen LogP contribution in [0.3, 0.4) is 0 Å². The molecule has 3 heteroatoms. The fourth-order valence-electron chi connectivity index (χ4n) is 1.35. The summed E-state index contributed by atoms with van der Waals surface area (Å²) in [6.45, 7) is 7.12. The van der Waals surface area contributed by atoms with Gasteiger partial charge in [0.2, 0.25) is 0 Å². The molecule has 3 N–H and O–H groups in total. The van der Waals surface area contributed by atoms with Gasteiger partial charge in [0.15, 0.2) is 0 Å². The first-order valence-corrected chi connectivity index (χ1v) is 5.53. The number of nitrogens with two attached hydrogens (primary N) is 1. The SMILES string of the molecule is CC(C)(C)CCNC(=O)c1ccccc1N. The lowest BCUT2D eigenvalue weighted by molar-refractivity contribution is 0.0950. The van der Waals surface area contributed by atoms with Gasteiger partial charge in [0.1, 0.15) is 0 Å². The van der Waals surface area contributed by atoms with Crippen LogP contribution in [0.15, 0.2) is 24.3 Å². The quantitative estimate of drug-likeness (QED) is 0.769. The Balaban J connectivity index is 2.51. The molecule has 1 rings (SSSR count). The van der Waals surface area contributed by atoms with Crippen LogP contribution in [0.25, 0.3) is 0 Å². The monoisotopic (exact) mass is 220 g/mol. The summed E-state index contributed by atoms with van der Waals surface area (Å²) in [5, 5.41) is 2.88. The third-order valence-corrected chi connectivity index (χ3v) is 2.37. The van der Waals surface area contributed by atoms with Crippen molar-refractivity contribution in [3.05, 3.63) is 29.8 Å². The molecule has 0 fully saturated rings. The first kappa shape index (κ1) is 12.6. The van der Waals surface area contributed by atoms with E-state index in [1.165, 1.54) is 0 Å². The molecular weight excluding hydrogens is 200 g/mol. The number of hydrogen-bond donors (Lipinski definition) is 2. The van der Waals surface area contributed by atoms with Gasteiger partial charge in [-0.2, -0.15) is 0 Å². The molecular formula is C13H20N2O. The van der Waals surface area contributed by atoms with E-state index in [1.54, 1.807) is 12.1 Å². The van der Waals surface area contributed by atoms with Gasteiger partial charge in [0.25, 0.3) is 5.91 Å². The molecule has 0 spiro atoms. The van der Waals surface area contributed by atoms with Gasteiger partial charge in [-0.25, -0.2) is 0 Å². The van der Waals surface area contributed by atoms with Crippen molar-refractivity contribution in [3.8, 4) is 0 Å². The van der Waals surface area contributed by atoms with Crippen LogP contribution in [0.4, 0.5) is 5.69 Å². The minimum atomic E-state index is -0.0950.